The molecule has 1 aromatic carbocycles. The van der Waals surface area contributed by atoms with Gasteiger partial charge in [0.05, 0.1) is 22.0 Å². The standard InChI is InChI=1S/C18H22F3N3OS/c1-10-14(26-16(22-10)17(2,3)4)15(25)23-13-8-7-11(24(5)6)9-12(13)18(19,20)21/h7-9H,1-6H3,(H,23,25). The molecule has 1 N–H and O–H groups in total. The molecule has 0 aliphatic heterocycles. The molecule has 0 atom stereocenters. The number of nitrogens with zero attached hydrogens (tertiary/aromatic N) is 2. The summed E-state index contributed by atoms with van der Waals surface area (Å²) in [4.78, 5) is 18.8. The maximum absolute atomic E-state index is 13.4. The summed E-state index contributed by atoms with van der Waals surface area (Å²) < 4.78 is 40.2. The average molecular weight is 385 g/mol. The molecule has 26 heavy (non-hydrogen) atoms. The number of alkyl halides is 3. The van der Waals surface area contributed by atoms with E-state index in [1.807, 2.05) is 20.8 Å². The fourth-order valence-electron chi connectivity index (χ4n) is 2.26. The van der Waals surface area contributed by atoms with Crippen molar-refractivity contribution in [1.82, 2.24) is 4.98 Å². The summed E-state index contributed by atoms with van der Waals surface area (Å²) in [7, 11) is 3.31. The largest absolute Gasteiger partial charge is 0.418 e. The Labute approximate surface area is 155 Å². The summed E-state index contributed by atoms with van der Waals surface area (Å²) >= 11 is 1.20. The van der Waals surface area contributed by atoms with Crippen molar-refractivity contribution in [1.29, 1.82) is 0 Å². The van der Waals surface area contributed by atoms with Gasteiger partial charge in [0.1, 0.15) is 4.88 Å². The topological polar surface area (TPSA) is 45.2 Å². The minimum atomic E-state index is -4.58. The van der Waals surface area contributed by atoms with E-state index in [1.165, 1.54) is 23.5 Å². The molecule has 4 nitrogen and oxygen atoms in total. The van der Waals surface area contributed by atoms with Gasteiger partial charge in [-0.2, -0.15) is 13.2 Å². The van der Waals surface area contributed by atoms with Crippen molar-refractivity contribution in [3.05, 3.63) is 39.3 Å². The number of anilines is 2. The molecule has 0 unspecified atom stereocenters. The summed E-state index contributed by atoms with van der Waals surface area (Å²) in [6, 6.07) is 3.83. The molecule has 0 aliphatic carbocycles. The molecule has 0 spiro atoms. The number of rotatable bonds is 3. The lowest BCUT2D eigenvalue weighted by Crippen LogP contribution is -2.18. The predicted octanol–water partition coefficient (Wildman–Crippen LogP) is 5.09. The molecule has 0 bridgehead atoms. The average Bonchev–Trinajstić information content (AvgIpc) is 2.88. The third-order valence-electron chi connectivity index (χ3n) is 3.72. The van der Waals surface area contributed by atoms with E-state index in [0.717, 1.165) is 11.1 Å². The van der Waals surface area contributed by atoms with E-state index in [2.05, 4.69) is 10.3 Å². The first kappa shape index (κ1) is 20.2. The minimum Gasteiger partial charge on any atom is -0.378 e. The molecule has 1 heterocycles. The van der Waals surface area contributed by atoms with Crippen LogP contribution in [0.25, 0.3) is 0 Å². The van der Waals surface area contributed by atoms with E-state index in [9.17, 15) is 18.0 Å². The number of carbonyl (C=O) groups is 1. The van der Waals surface area contributed by atoms with Gasteiger partial charge >= 0.3 is 6.18 Å². The van der Waals surface area contributed by atoms with E-state index in [-0.39, 0.29) is 11.1 Å². The van der Waals surface area contributed by atoms with Gasteiger partial charge in [0.15, 0.2) is 0 Å². The number of aromatic nitrogens is 1. The molecule has 1 amide bonds. The second-order valence-electron chi connectivity index (χ2n) is 7.26. The van der Waals surface area contributed by atoms with Gasteiger partial charge in [-0.25, -0.2) is 4.98 Å². The quantitative estimate of drug-likeness (QED) is 0.801. The maximum Gasteiger partial charge on any atom is 0.418 e. The third-order valence-corrected chi connectivity index (χ3v) is 5.30. The number of hydrogen-bond donors (Lipinski definition) is 1. The van der Waals surface area contributed by atoms with Crippen LogP contribution in [0.3, 0.4) is 0 Å². The normalized spacial score (nSPS) is 12.2. The molecule has 0 saturated heterocycles. The number of carbonyl (C=O) groups excluding carboxylic acids is 1. The second-order valence-corrected chi connectivity index (χ2v) is 8.26. The number of hydrogen-bond acceptors (Lipinski definition) is 4. The van der Waals surface area contributed by atoms with Gasteiger partial charge < -0.3 is 10.2 Å². The highest BCUT2D eigenvalue weighted by molar-refractivity contribution is 7.14. The Morgan fingerprint density at radius 2 is 1.81 bits per heavy atom. The Kier molecular flexibility index (Phi) is 5.37. The molecule has 0 aliphatic rings. The Morgan fingerprint density at radius 1 is 1.19 bits per heavy atom. The zero-order chi connectivity index (χ0) is 19.9. The number of nitrogens with one attached hydrogen (secondary N) is 1. The lowest BCUT2D eigenvalue weighted by Gasteiger charge is -2.18. The molecular weight excluding hydrogens is 363 g/mol. The van der Waals surface area contributed by atoms with Crippen LogP contribution in [0.4, 0.5) is 24.5 Å². The van der Waals surface area contributed by atoms with Crippen molar-refractivity contribution in [2.75, 3.05) is 24.3 Å². The highest BCUT2D eigenvalue weighted by atomic mass is 32.1. The molecule has 8 heteroatoms. The van der Waals surface area contributed by atoms with Crippen molar-refractivity contribution < 1.29 is 18.0 Å². The number of benzene rings is 1. The van der Waals surface area contributed by atoms with Gasteiger partial charge in [-0.05, 0) is 25.1 Å². The van der Waals surface area contributed by atoms with Crippen molar-refractivity contribution in [3.8, 4) is 0 Å². The zero-order valence-corrected chi connectivity index (χ0v) is 16.4. The van der Waals surface area contributed by atoms with Crippen LogP contribution in [0.15, 0.2) is 18.2 Å². The van der Waals surface area contributed by atoms with Crippen molar-refractivity contribution in [2.45, 2.75) is 39.3 Å². The summed E-state index contributed by atoms with van der Waals surface area (Å²) in [5.74, 6) is -0.585. The number of aryl methyl sites for hydroxylation is 1. The van der Waals surface area contributed by atoms with Crippen LogP contribution in [0.5, 0.6) is 0 Å². The van der Waals surface area contributed by atoms with E-state index < -0.39 is 17.6 Å². The highest BCUT2D eigenvalue weighted by Crippen LogP contribution is 2.38. The first-order valence-corrected chi connectivity index (χ1v) is 8.80. The Bertz CT molecular complexity index is 820. The van der Waals surface area contributed by atoms with Gasteiger partial charge in [-0.15, -0.1) is 11.3 Å². The maximum atomic E-state index is 13.4. The Balaban J connectivity index is 2.39. The summed E-state index contributed by atoms with van der Waals surface area (Å²) in [5.41, 5.74) is -0.470. The third kappa shape index (κ3) is 4.35. The van der Waals surface area contributed by atoms with E-state index in [1.54, 1.807) is 25.9 Å². The van der Waals surface area contributed by atoms with E-state index in [0.29, 0.717) is 16.3 Å². The lowest BCUT2D eigenvalue weighted by atomic mass is 9.98. The molecule has 0 saturated carbocycles. The van der Waals surface area contributed by atoms with Crippen LogP contribution < -0.4 is 10.2 Å². The van der Waals surface area contributed by atoms with Crippen molar-refractivity contribution in [2.24, 2.45) is 0 Å². The van der Waals surface area contributed by atoms with Gasteiger partial charge in [0, 0.05) is 25.2 Å². The number of thiazole rings is 1. The highest BCUT2D eigenvalue weighted by Gasteiger charge is 2.35. The number of amides is 1. The molecule has 1 aromatic heterocycles. The van der Waals surface area contributed by atoms with Crippen molar-refractivity contribution in [3.63, 3.8) is 0 Å². The molecular formula is C18H22F3N3OS. The smallest absolute Gasteiger partial charge is 0.378 e. The Hall–Kier alpha value is -2.09. The van der Waals surface area contributed by atoms with Crippen molar-refractivity contribution >= 4 is 28.6 Å². The van der Waals surface area contributed by atoms with Crippen LogP contribution in [-0.4, -0.2) is 25.0 Å². The fraction of sp³-hybridized carbons (Fsp3) is 0.444. The molecule has 2 rings (SSSR count). The minimum absolute atomic E-state index is 0.238. The monoisotopic (exact) mass is 385 g/mol. The van der Waals surface area contributed by atoms with Gasteiger partial charge in [0.25, 0.3) is 5.91 Å². The van der Waals surface area contributed by atoms with Crippen LogP contribution in [0.1, 0.15) is 46.7 Å². The van der Waals surface area contributed by atoms with Gasteiger partial charge in [-0.1, -0.05) is 20.8 Å². The summed E-state index contributed by atoms with van der Waals surface area (Å²) in [6.07, 6.45) is -4.58. The van der Waals surface area contributed by atoms with E-state index >= 15 is 0 Å². The van der Waals surface area contributed by atoms with Crippen LogP contribution in [-0.2, 0) is 11.6 Å². The number of halogens is 3. The molecule has 2 aromatic rings. The van der Waals surface area contributed by atoms with Crippen LogP contribution >= 0.6 is 11.3 Å². The SMILES string of the molecule is Cc1nc(C(C)(C)C)sc1C(=O)Nc1ccc(N(C)C)cc1C(F)(F)F. The van der Waals surface area contributed by atoms with Gasteiger partial charge in [-0.3, -0.25) is 4.79 Å². The molecule has 0 radical (unpaired) electrons. The Morgan fingerprint density at radius 3 is 2.27 bits per heavy atom. The first-order chi connectivity index (χ1) is 11.8. The van der Waals surface area contributed by atoms with Crippen LogP contribution in [0, 0.1) is 6.92 Å². The summed E-state index contributed by atoms with van der Waals surface area (Å²) in [6.45, 7) is 7.58. The predicted molar refractivity (Wildman–Crippen MR) is 99.3 cm³/mol. The zero-order valence-electron chi connectivity index (χ0n) is 15.6. The molecule has 142 valence electrons. The second kappa shape index (κ2) is 6.90. The fourth-order valence-corrected chi connectivity index (χ4v) is 3.28. The van der Waals surface area contributed by atoms with Crippen LogP contribution in [0.2, 0.25) is 0 Å². The van der Waals surface area contributed by atoms with Gasteiger partial charge in [0.2, 0.25) is 0 Å². The van der Waals surface area contributed by atoms with E-state index in [4.69, 9.17) is 0 Å². The summed E-state index contributed by atoms with van der Waals surface area (Å²) in [5, 5.41) is 3.16. The molecule has 0 fully saturated rings. The first-order valence-electron chi connectivity index (χ1n) is 7.98. The lowest BCUT2D eigenvalue weighted by molar-refractivity contribution is -0.136.